The van der Waals surface area contributed by atoms with Crippen molar-refractivity contribution in [2.75, 3.05) is 18.2 Å². The molecule has 1 heterocycles. The molecule has 5 nitrogen and oxygen atoms in total. The molecule has 0 aliphatic carbocycles. The third-order valence-corrected chi connectivity index (χ3v) is 4.80. The van der Waals surface area contributed by atoms with Gasteiger partial charge in [0.25, 0.3) is 0 Å². The van der Waals surface area contributed by atoms with Crippen LogP contribution in [0.3, 0.4) is 0 Å². The van der Waals surface area contributed by atoms with Crippen LogP contribution in [0.4, 0.5) is 5.69 Å². The zero-order valence-corrected chi connectivity index (χ0v) is 16.3. The predicted octanol–water partition coefficient (Wildman–Crippen LogP) is 4.50. The van der Waals surface area contributed by atoms with E-state index in [1.807, 2.05) is 62.4 Å². The lowest BCUT2D eigenvalue weighted by Crippen LogP contribution is -2.14. The van der Waals surface area contributed by atoms with Gasteiger partial charge in [0.2, 0.25) is 5.91 Å². The summed E-state index contributed by atoms with van der Waals surface area (Å²) in [4.78, 5) is 12.2. The highest BCUT2D eigenvalue weighted by molar-refractivity contribution is 7.99. The van der Waals surface area contributed by atoms with Gasteiger partial charge in [-0.15, -0.1) is 10.2 Å². The molecule has 0 saturated carbocycles. The number of amides is 1. The van der Waals surface area contributed by atoms with Crippen molar-refractivity contribution in [2.24, 2.45) is 0 Å². The van der Waals surface area contributed by atoms with Gasteiger partial charge in [-0.05, 0) is 73.5 Å². The van der Waals surface area contributed by atoms with Crippen molar-refractivity contribution in [3.05, 3.63) is 65.7 Å². The molecule has 0 atom stereocenters. The summed E-state index contributed by atoms with van der Waals surface area (Å²) in [5.74, 6) is 1.02. The van der Waals surface area contributed by atoms with E-state index in [-0.39, 0.29) is 11.7 Å². The summed E-state index contributed by atoms with van der Waals surface area (Å²) in [6.07, 6.45) is 0. The summed E-state index contributed by atoms with van der Waals surface area (Å²) in [5, 5.41) is 12.1. The summed E-state index contributed by atoms with van der Waals surface area (Å²) in [6, 6.07) is 17.4. The number of benzene rings is 2. The van der Waals surface area contributed by atoms with E-state index in [0.717, 1.165) is 33.8 Å². The van der Waals surface area contributed by atoms with Crippen LogP contribution in [0, 0.1) is 13.8 Å². The van der Waals surface area contributed by atoms with Crippen LogP contribution >= 0.6 is 11.8 Å². The highest BCUT2D eigenvalue weighted by Crippen LogP contribution is 2.22. The maximum absolute atomic E-state index is 12.2. The van der Waals surface area contributed by atoms with Gasteiger partial charge in [-0.3, -0.25) is 4.79 Å². The van der Waals surface area contributed by atoms with Gasteiger partial charge in [-0.25, -0.2) is 0 Å². The Morgan fingerprint density at radius 1 is 1.00 bits per heavy atom. The van der Waals surface area contributed by atoms with Crippen LogP contribution in [0.5, 0.6) is 5.75 Å². The fourth-order valence-electron chi connectivity index (χ4n) is 2.70. The third kappa shape index (κ3) is 5.31. The standard InChI is InChI=1S/C21H21N3O2S/c1-14-10-15(2)12-17(11-14)22-20(25)13-27-21-9-8-19(23-24-21)16-4-6-18(26-3)7-5-16/h4-12H,13H2,1-3H3,(H,22,25). The van der Waals surface area contributed by atoms with Crippen molar-refractivity contribution in [2.45, 2.75) is 18.9 Å². The van der Waals surface area contributed by atoms with Gasteiger partial charge in [-0.1, -0.05) is 17.8 Å². The van der Waals surface area contributed by atoms with Crippen LogP contribution in [0.15, 0.2) is 59.6 Å². The Morgan fingerprint density at radius 3 is 2.30 bits per heavy atom. The van der Waals surface area contributed by atoms with Crippen molar-refractivity contribution in [1.29, 1.82) is 0 Å². The first-order valence-electron chi connectivity index (χ1n) is 8.52. The Hall–Kier alpha value is -2.86. The van der Waals surface area contributed by atoms with Crippen molar-refractivity contribution < 1.29 is 9.53 Å². The Labute approximate surface area is 163 Å². The molecule has 0 bridgehead atoms. The largest absolute Gasteiger partial charge is 0.497 e. The van der Waals surface area contributed by atoms with Crippen molar-refractivity contribution in [3.63, 3.8) is 0 Å². The summed E-state index contributed by atoms with van der Waals surface area (Å²) in [6.45, 7) is 4.02. The summed E-state index contributed by atoms with van der Waals surface area (Å²) < 4.78 is 5.16. The molecule has 0 unspecified atom stereocenters. The van der Waals surface area contributed by atoms with Gasteiger partial charge in [-0.2, -0.15) is 0 Å². The molecule has 0 radical (unpaired) electrons. The molecular weight excluding hydrogens is 358 g/mol. The van der Waals surface area contributed by atoms with Crippen LogP contribution in [0.1, 0.15) is 11.1 Å². The van der Waals surface area contributed by atoms with E-state index >= 15 is 0 Å². The number of hydrogen-bond acceptors (Lipinski definition) is 5. The van der Waals surface area contributed by atoms with Crippen LogP contribution < -0.4 is 10.1 Å². The molecule has 0 aliphatic heterocycles. The topological polar surface area (TPSA) is 64.1 Å². The van der Waals surface area contributed by atoms with E-state index in [0.29, 0.717) is 5.03 Å². The fraction of sp³-hybridized carbons (Fsp3) is 0.190. The Bertz CT molecular complexity index is 905. The summed E-state index contributed by atoms with van der Waals surface area (Å²) in [5.41, 5.74) is 4.81. The van der Waals surface area contributed by atoms with Crippen molar-refractivity contribution >= 4 is 23.4 Å². The number of nitrogens with zero attached hydrogens (tertiary/aromatic N) is 2. The number of aromatic nitrogens is 2. The first kappa shape index (κ1) is 18.9. The summed E-state index contributed by atoms with van der Waals surface area (Å²) >= 11 is 1.36. The molecule has 0 aliphatic rings. The molecule has 1 aromatic heterocycles. The zero-order chi connectivity index (χ0) is 19.2. The smallest absolute Gasteiger partial charge is 0.234 e. The second-order valence-corrected chi connectivity index (χ2v) is 7.19. The van der Waals surface area contributed by atoms with Gasteiger partial charge in [0.15, 0.2) is 0 Å². The molecule has 6 heteroatoms. The normalized spacial score (nSPS) is 10.5. The molecule has 138 valence electrons. The van der Waals surface area contributed by atoms with Crippen LogP contribution in [-0.4, -0.2) is 29.0 Å². The third-order valence-electron chi connectivity index (χ3n) is 3.88. The van der Waals surface area contributed by atoms with Gasteiger partial charge >= 0.3 is 0 Å². The molecule has 3 rings (SSSR count). The van der Waals surface area contributed by atoms with Crippen LogP contribution in [0.25, 0.3) is 11.3 Å². The number of thioether (sulfide) groups is 1. The summed E-state index contributed by atoms with van der Waals surface area (Å²) in [7, 11) is 1.64. The highest BCUT2D eigenvalue weighted by Gasteiger charge is 2.07. The Morgan fingerprint density at radius 2 is 1.70 bits per heavy atom. The molecule has 0 saturated heterocycles. The quantitative estimate of drug-likeness (QED) is 0.639. The number of carbonyl (C=O) groups is 1. The Kier molecular flexibility index (Phi) is 6.08. The molecule has 27 heavy (non-hydrogen) atoms. The van der Waals surface area contributed by atoms with Gasteiger partial charge < -0.3 is 10.1 Å². The van der Waals surface area contributed by atoms with Crippen molar-refractivity contribution in [1.82, 2.24) is 10.2 Å². The van der Waals surface area contributed by atoms with E-state index in [1.54, 1.807) is 7.11 Å². The first-order valence-corrected chi connectivity index (χ1v) is 9.51. The number of rotatable bonds is 6. The Balaban J connectivity index is 1.57. The minimum atomic E-state index is -0.0639. The second kappa shape index (κ2) is 8.68. The van der Waals surface area contributed by atoms with E-state index in [9.17, 15) is 4.79 Å². The van der Waals surface area contributed by atoms with Crippen molar-refractivity contribution in [3.8, 4) is 17.0 Å². The van der Waals surface area contributed by atoms with Gasteiger partial charge in [0, 0.05) is 11.3 Å². The lowest BCUT2D eigenvalue weighted by Gasteiger charge is -2.07. The SMILES string of the molecule is COc1ccc(-c2ccc(SCC(=O)Nc3cc(C)cc(C)c3)nn2)cc1. The van der Waals surface area contributed by atoms with Crippen LogP contribution in [-0.2, 0) is 4.79 Å². The number of hydrogen-bond donors (Lipinski definition) is 1. The van der Waals surface area contributed by atoms with E-state index in [2.05, 4.69) is 21.6 Å². The second-order valence-electron chi connectivity index (χ2n) is 6.20. The highest BCUT2D eigenvalue weighted by atomic mass is 32.2. The maximum atomic E-state index is 12.2. The van der Waals surface area contributed by atoms with E-state index in [1.165, 1.54) is 11.8 Å². The molecule has 0 fully saturated rings. The molecule has 1 amide bonds. The molecule has 2 aromatic carbocycles. The number of carbonyl (C=O) groups excluding carboxylic acids is 1. The van der Waals surface area contributed by atoms with E-state index in [4.69, 9.17) is 4.74 Å². The predicted molar refractivity (Wildman–Crippen MR) is 109 cm³/mol. The molecule has 3 aromatic rings. The minimum Gasteiger partial charge on any atom is -0.497 e. The van der Waals surface area contributed by atoms with Crippen LogP contribution in [0.2, 0.25) is 0 Å². The first-order chi connectivity index (χ1) is 13.0. The average molecular weight is 379 g/mol. The molecule has 1 N–H and O–H groups in total. The monoisotopic (exact) mass is 379 g/mol. The fourth-order valence-corrected chi connectivity index (χ4v) is 3.31. The van der Waals surface area contributed by atoms with Gasteiger partial charge in [0.05, 0.1) is 18.6 Å². The van der Waals surface area contributed by atoms with E-state index < -0.39 is 0 Å². The molecular formula is C21H21N3O2S. The molecule has 0 spiro atoms. The lowest BCUT2D eigenvalue weighted by molar-refractivity contribution is -0.113. The minimum absolute atomic E-state index is 0.0639. The maximum Gasteiger partial charge on any atom is 0.234 e. The van der Waals surface area contributed by atoms with Gasteiger partial charge in [0.1, 0.15) is 10.8 Å². The lowest BCUT2D eigenvalue weighted by atomic mass is 10.1. The number of ether oxygens (including phenoxy) is 1. The number of methoxy groups -OCH3 is 1. The number of anilines is 1. The average Bonchev–Trinajstić information content (AvgIpc) is 2.66. The number of nitrogens with one attached hydrogen (secondary N) is 1. The number of aryl methyl sites for hydroxylation is 2. The zero-order valence-electron chi connectivity index (χ0n) is 15.5.